The van der Waals surface area contributed by atoms with Gasteiger partial charge in [0.25, 0.3) is 5.91 Å². The van der Waals surface area contributed by atoms with E-state index < -0.39 is 0 Å². The summed E-state index contributed by atoms with van der Waals surface area (Å²) in [4.78, 5) is 15.2. The first-order valence-corrected chi connectivity index (χ1v) is 4.16. The fourth-order valence-corrected chi connectivity index (χ4v) is 1.39. The number of amides is 1. The van der Waals surface area contributed by atoms with Crippen molar-refractivity contribution in [1.82, 2.24) is 9.80 Å². The molecule has 1 fully saturated rings. The quantitative estimate of drug-likeness (QED) is 0.538. The molecule has 0 aromatic rings. The molecule has 0 radical (unpaired) electrons. The summed E-state index contributed by atoms with van der Waals surface area (Å²) in [5.74, 6) is 0.163. The molecular weight excluding hydrogens is 152 g/mol. The Bertz CT molecular complexity index is 221. The predicted octanol–water partition coefficient (Wildman–Crippen LogP) is 0.682. The number of nitrogens with zero attached hydrogens (tertiary/aromatic N) is 2. The van der Waals surface area contributed by atoms with Crippen molar-refractivity contribution in [1.29, 1.82) is 0 Å². The van der Waals surface area contributed by atoms with Crippen LogP contribution in [0.15, 0.2) is 11.8 Å². The van der Waals surface area contributed by atoms with Gasteiger partial charge in [-0.05, 0) is 13.3 Å². The van der Waals surface area contributed by atoms with Crippen LogP contribution in [0.2, 0.25) is 0 Å². The molecule has 0 saturated carbocycles. The van der Waals surface area contributed by atoms with Crippen LogP contribution in [-0.4, -0.2) is 42.9 Å². The lowest BCUT2D eigenvalue weighted by atomic mass is 10.2. The molecule has 0 aromatic heterocycles. The van der Waals surface area contributed by atoms with Crippen LogP contribution in [0.25, 0.3) is 0 Å². The van der Waals surface area contributed by atoms with Crippen LogP contribution < -0.4 is 0 Å². The molecule has 0 bridgehead atoms. The molecule has 1 atom stereocenters. The lowest BCUT2D eigenvalue weighted by molar-refractivity contribution is -0.124. The monoisotopic (exact) mass is 168 g/mol. The normalized spacial score (nSPS) is 27.0. The standard InChI is InChI=1S/C9H16N2O/c1-7-5-8(6-10(2)3)9(12)11(7)4/h6-7H,5H2,1-4H3/b8-6-/t7-/m1/s1. The summed E-state index contributed by atoms with van der Waals surface area (Å²) in [6, 6.07) is 0.351. The summed E-state index contributed by atoms with van der Waals surface area (Å²) in [6.07, 6.45) is 2.77. The van der Waals surface area contributed by atoms with Crippen molar-refractivity contribution in [3.63, 3.8) is 0 Å². The lowest BCUT2D eigenvalue weighted by Gasteiger charge is -2.12. The third-order valence-electron chi connectivity index (χ3n) is 2.19. The lowest BCUT2D eigenvalue weighted by Crippen LogP contribution is -2.26. The maximum absolute atomic E-state index is 11.5. The molecule has 1 saturated heterocycles. The number of rotatable bonds is 1. The van der Waals surface area contributed by atoms with Gasteiger partial charge in [-0.1, -0.05) is 0 Å². The molecule has 3 heteroatoms. The van der Waals surface area contributed by atoms with Crippen molar-refractivity contribution in [2.24, 2.45) is 0 Å². The van der Waals surface area contributed by atoms with Crippen molar-refractivity contribution in [3.8, 4) is 0 Å². The van der Waals surface area contributed by atoms with Crippen LogP contribution in [0.1, 0.15) is 13.3 Å². The zero-order valence-corrected chi connectivity index (χ0v) is 8.16. The smallest absolute Gasteiger partial charge is 0.251 e. The molecular formula is C9H16N2O. The van der Waals surface area contributed by atoms with Crippen LogP contribution in [0, 0.1) is 0 Å². The fourth-order valence-electron chi connectivity index (χ4n) is 1.39. The highest BCUT2D eigenvalue weighted by Gasteiger charge is 2.28. The fraction of sp³-hybridized carbons (Fsp3) is 0.667. The topological polar surface area (TPSA) is 23.6 Å². The first-order chi connectivity index (χ1) is 5.52. The molecule has 1 amide bonds. The van der Waals surface area contributed by atoms with Crippen LogP contribution in [-0.2, 0) is 4.79 Å². The Morgan fingerprint density at radius 2 is 2.17 bits per heavy atom. The number of carbonyl (C=O) groups is 1. The van der Waals surface area contributed by atoms with Gasteiger partial charge in [-0.15, -0.1) is 0 Å². The predicted molar refractivity (Wildman–Crippen MR) is 48.6 cm³/mol. The molecule has 0 spiro atoms. The van der Waals surface area contributed by atoms with Gasteiger partial charge < -0.3 is 9.80 Å². The Labute approximate surface area is 73.6 Å². The van der Waals surface area contributed by atoms with Crippen molar-refractivity contribution in [3.05, 3.63) is 11.8 Å². The van der Waals surface area contributed by atoms with E-state index in [0.717, 1.165) is 12.0 Å². The Morgan fingerprint density at radius 3 is 2.50 bits per heavy atom. The van der Waals surface area contributed by atoms with Gasteiger partial charge in [0.2, 0.25) is 0 Å². The number of carbonyl (C=O) groups excluding carboxylic acids is 1. The zero-order valence-electron chi connectivity index (χ0n) is 8.16. The van der Waals surface area contributed by atoms with Crippen LogP contribution in [0.4, 0.5) is 0 Å². The number of hydrogen-bond donors (Lipinski definition) is 0. The highest BCUT2D eigenvalue weighted by Crippen LogP contribution is 2.21. The maximum Gasteiger partial charge on any atom is 0.251 e. The number of likely N-dealkylation sites (tertiary alicyclic amines) is 1. The molecule has 0 aliphatic carbocycles. The second kappa shape index (κ2) is 3.17. The molecule has 1 heterocycles. The summed E-state index contributed by atoms with van der Waals surface area (Å²) in [5.41, 5.74) is 0.912. The Balaban J connectivity index is 2.78. The third kappa shape index (κ3) is 1.60. The average Bonchev–Trinajstić information content (AvgIpc) is 2.17. The van der Waals surface area contributed by atoms with Gasteiger partial charge in [-0.2, -0.15) is 0 Å². The first kappa shape index (κ1) is 9.10. The van der Waals surface area contributed by atoms with Gasteiger partial charge in [-0.25, -0.2) is 0 Å². The Morgan fingerprint density at radius 1 is 1.58 bits per heavy atom. The summed E-state index contributed by atoms with van der Waals surface area (Å²) < 4.78 is 0. The van der Waals surface area contributed by atoms with E-state index >= 15 is 0 Å². The van der Waals surface area contributed by atoms with Gasteiger partial charge in [0.1, 0.15) is 0 Å². The van der Waals surface area contributed by atoms with E-state index in [9.17, 15) is 4.79 Å². The van der Waals surface area contributed by atoms with E-state index in [1.54, 1.807) is 4.90 Å². The minimum absolute atomic E-state index is 0.163. The molecule has 1 rings (SSSR count). The minimum Gasteiger partial charge on any atom is -0.383 e. The Hall–Kier alpha value is -0.990. The number of likely N-dealkylation sites (N-methyl/N-ethyl adjacent to an activating group) is 1. The second-order valence-electron chi connectivity index (χ2n) is 3.59. The number of hydrogen-bond acceptors (Lipinski definition) is 2. The summed E-state index contributed by atoms with van der Waals surface area (Å²) in [7, 11) is 5.72. The van der Waals surface area contributed by atoms with Crippen LogP contribution in [0.3, 0.4) is 0 Å². The molecule has 1 aliphatic rings. The molecule has 3 nitrogen and oxygen atoms in total. The highest BCUT2D eigenvalue weighted by molar-refractivity contribution is 5.95. The summed E-state index contributed by atoms with van der Waals surface area (Å²) in [5, 5.41) is 0. The first-order valence-electron chi connectivity index (χ1n) is 4.16. The highest BCUT2D eigenvalue weighted by atomic mass is 16.2. The summed E-state index contributed by atoms with van der Waals surface area (Å²) >= 11 is 0. The zero-order chi connectivity index (χ0) is 9.30. The summed E-state index contributed by atoms with van der Waals surface area (Å²) in [6.45, 7) is 2.06. The van der Waals surface area contributed by atoms with Crippen LogP contribution in [0.5, 0.6) is 0 Å². The van der Waals surface area contributed by atoms with Crippen molar-refractivity contribution < 1.29 is 4.79 Å². The molecule has 1 aliphatic heterocycles. The van der Waals surface area contributed by atoms with E-state index in [2.05, 4.69) is 6.92 Å². The van der Waals surface area contributed by atoms with Crippen LogP contribution >= 0.6 is 0 Å². The largest absolute Gasteiger partial charge is 0.383 e. The third-order valence-corrected chi connectivity index (χ3v) is 2.19. The van der Waals surface area contributed by atoms with E-state index in [1.165, 1.54) is 0 Å². The molecule has 0 aromatic carbocycles. The van der Waals surface area contributed by atoms with E-state index in [1.807, 2.05) is 32.2 Å². The molecule has 0 N–H and O–H groups in total. The molecule has 12 heavy (non-hydrogen) atoms. The van der Waals surface area contributed by atoms with Gasteiger partial charge in [-0.3, -0.25) is 4.79 Å². The van der Waals surface area contributed by atoms with E-state index in [-0.39, 0.29) is 5.91 Å². The van der Waals surface area contributed by atoms with Crippen molar-refractivity contribution >= 4 is 5.91 Å². The van der Waals surface area contributed by atoms with Gasteiger partial charge in [0.15, 0.2) is 0 Å². The second-order valence-corrected chi connectivity index (χ2v) is 3.59. The van der Waals surface area contributed by atoms with E-state index in [4.69, 9.17) is 0 Å². The van der Waals surface area contributed by atoms with Gasteiger partial charge in [0, 0.05) is 39.0 Å². The average molecular weight is 168 g/mol. The van der Waals surface area contributed by atoms with Crippen molar-refractivity contribution in [2.45, 2.75) is 19.4 Å². The Kier molecular flexibility index (Phi) is 2.40. The van der Waals surface area contributed by atoms with Gasteiger partial charge >= 0.3 is 0 Å². The SMILES string of the molecule is C[C@@H]1C/C(=C/N(C)C)C(=O)N1C. The molecule has 68 valence electrons. The maximum atomic E-state index is 11.5. The van der Waals surface area contributed by atoms with Gasteiger partial charge in [0.05, 0.1) is 0 Å². The molecule has 0 unspecified atom stereocenters. The van der Waals surface area contributed by atoms with Crippen molar-refractivity contribution in [2.75, 3.05) is 21.1 Å². The van der Waals surface area contributed by atoms with E-state index in [0.29, 0.717) is 6.04 Å². The minimum atomic E-state index is 0.163.